The van der Waals surface area contributed by atoms with Crippen molar-refractivity contribution in [3.63, 3.8) is 0 Å². The molecule has 0 saturated heterocycles. The van der Waals surface area contributed by atoms with Crippen molar-refractivity contribution in [3.05, 3.63) is 30.7 Å². The maximum absolute atomic E-state index is 5.18. The quantitative estimate of drug-likeness (QED) is 0.875. The standard InChI is InChI=1S/C13H15N3O/c1-3-10(4-1)8-14-12-6-2-5-11(7-12)13-16-15-9-17-13/h2,5-7,9-10,14H,1,3-4,8H2. The average molecular weight is 229 g/mol. The molecular weight excluding hydrogens is 214 g/mol. The van der Waals surface area contributed by atoms with E-state index in [0.29, 0.717) is 5.89 Å². The van der Waals surface area contributed by atoms with Crippen LogP contribution in [0.2, 0.25) is 0 Å². The summed E-state index contributed by atoms with van der Waals surface area (Å²) in [6, 6.07) is 8.09. The monoisotopic (exact) mass is 229 g/mol. The third-order valence-corrected chi connectivity index (χ3v) is 3.29. The van der Waals surface area contributed by atoms with Crippen LogP contribution in [0.5, 0.6) is 0 Å². The molecule has 88 valence electrons. The van der Waals surface area contributed by atoms with Gasteiger partial charge in [0.05, 0.1) is 0 Å². The maximum atomic E-state index is 5.18. The van der Waals surface area contributed by atoms with Gasteiger partial charge in [-0.15, -0.1) is 10.2 Å². The molecule has 0 radical (unpaired) electrons. The predicted molar refractivity (Wildman–Crippen MR) is 65.6 cm³/mol. The van der Waals surface area contributed by atoms with Crippen LogP contribution in [0.25, 0.3) is 11.5 Å². The molecule has 4 heteroatoms. The highest BCUT2D eigenvalue weighted by Gasteiger charge is 2.16. The summed E-state index contributed by atoms with van der Waals surface area (Å²) in [6.07, 6.45) is 5.45. The Morgan fingerprint density at radius 3 is 3.00 bits per heavy atom. The maximum Gasteiger partial charge on any atom is 0.247 e. The van der Waals surface area contributed by atoms with Crippen LogP contribution in [-0.4, -0.2) is 16.7 Å². The molecule has 1 N–H and O–H groups in total. The number of nitrogens with one attached hydrogen (secondary N) is 1. The van der Waals surface area contributed by atoms with Gasteiger partial charge in [0.15, 0.2) is 0 Å². The summed E-state index contributed by atoms with van der Waals surface area (Å²) in [4.78, 5) is 0. The molecule has 0 unspecified atom stereocenters. The lowest BCUT2D eigenvalue weighted by molar-refractivity contribution is 0.333. The lowest BCUT2D eigenvalue weighted by Crippen LogP contribution is -2.20. The van der Waals surface area contributed by atoms with Crippen LogP contribution < -0.4 is 5.32 Å². The Balaban J connectivity index is 1.70. The van der Waals surface area contributed by atoms with E-state index in [1.807, 2.05) is 18.2 Å². The summed E-state index contributed by atoms with van der Waals surface area (Å²) in [7, 11) is 0. The fraction of sp³-hybridized carbons (Fsp3) is 0.385. The van der Waals surface area contributed by atoms with Gasteiger partial charge in [-0.25, -0.2) is 0 Å². The van der Waals surface area contributed by atoms with Gasteiger partial charge >= 0.3 is 0 Å². The summed E-state index contributed by atoms with van der Waals surface area (Å²) in [5, 5.41) is 11.1. The molecule has 0 spiro atoms. The zero-order valence-electron chi connectivity index (χ0n) is 9.60. The van der Waals surface area contributed by atoms with Gasteiger partial charge in [0.1, 0.15) is 0 Å². The second-order valence-electron chi connectivity index (χ2n) is 4.50. The van der Waals surface area contributed by atoms with Gasteiger partial charge in [0.2, 0.25) is 12.3 Å². The Kier molecular flexibility index (Phi) is 2.78. The van der Waals surface area contributed by atoms with E-state index < -0.39 is 0 Å². The van der Waals surface area contributed by atoms with E-state index in [1.165, 1.54) is 25.7 Å². The molecule has 1 aliphatic carbocycles. The first-order valence-corrected chi connectivity index (χ1v) is 6.02. The van der Waals surface area contributed by atoms with Gasteiger partial charge in [-0.2, -0.15) is 0 Å². The second-order valence-corrected chi connectivity index (χ2v) is 4.50. The van der Waals surface area contributed by atoms with Crippen molar-refractivity contribution in [1.29, 1.82) is 0 Å². The third kappa shape index (κ3) is 2.30. The van der Waals surface area contributed by atoms with Crippen LogP contribution >= 0.6 is 0 Å². The van der Waals surface area contributed by atoms with Crippen molar-refractivity contribution < 1.29 is 4.42 Å². The molecule has 2 aromatic rings. The number of nitrogens with zero attached hydrogens (tertiary/aromatic N) is 2. The van der Waals surface area contributed by atoms with E-state index >= 15 is 0 Å². The molecule has 1 saturated carbocycles. The smallest absolute Gasteiger partial charge is 0.247 e. The minimum atomic E-state index is 0.567. The molecule has 1 aromatic heterocycles. The summed E-state index contributed by atoms with van der Waals surface area (Å²) < 4.78 is 5.18. The van der Waals surface area contributed by atoms with Crippen LogP contribution in [0.3, 0.4) is 0 Å². The van der Waals surface area contributed by atoms with Crippen molar-refractivity contribution in [2.24, 2.45) is 5.92 Å². The number of hydrogen-bond donors (Lipinski definition) is 1. The first-order valence-electron chi connectivity index (χ1n) is 6.02. The van der Waals surface area contributed by atoms with Gasteiger partial charge in [-0.3, -0.25) is 0 Å². The van der Waals surface area contributed by atoms with Crippen molar-refractivity contribution in [2.45, 2.75) is 19.3 Å². The van der Waals surface area contributed by atoms with Crippen molar-refractivity contribution in [3.8, 4) is 11.5 Å². The van der Waals surface area contributed by atoms with Crippen LogP contribution in [-0.2, 0) is 0 Å². The summed E-state index contributed by atoms with van der Waals surface area (Å²) in [5.41, 5.74) is 2.08. The zero-order valence-corrected chi connectivity index (χ0v) is 9.60. The number of rotatable bonds is 4. The SMILES string of the molecule is c1cc(NCC2CCC2)cc(-c2nnco2)c1. The molecule has 0 atom stereocenters. The molecule has 1 fully saturated rings. The van der Waals surface area contributed by atoms with Crippen LogP contribution in [0.1, 0.15) is 19.3 Å². The Hall–Kier alpha value is -1.84. The van der Waals surface area contributed by atoms with Crippen LogP contribution in [0, 0.1) is 5.92 Å². The highest BCUT2D eigenvalue weighted by atomic mass is 16.4. The number of anilines is 1. The zero-order chi connectivity index (χ0) is 11.5. The largest absolute Gasteiger partial charge is 0.423 e. The van der Waals surface area contributed by atoms with E-state index in [0.717, 1.165) is 23.7 Å². The summed E-state index contributed by atoms with van der Waals surface area (Å²) in [6.45, 7) is 1.06. The van der Waals surface area contributed by atoms with Crippen LogP contribution in [0.15, 0.2) is 35.1 Å². The summed E-state index contributed by atoms with van der Waals surface area (Å²) >= 11 is 0. The topological polar surface area (TPSA) is 51.0 Å². The molecule has 0 bridgehead atoms. The molecule has 0 aliphatic heterocycles. The van der Waals surface area contributed by atoms with E-state index in [2.05, 4.69) is 21.6 Å². The second kappa shape index (κ2) is 4.57. The molecule has 1 aromatic carbocycles. The lowest BCUT2D eigenvalue weighted by Gasteiger charge is -2.25. The fourth-order valence-corrected chi connectivity index (χ4v) is 2.02. The molecule has 17 heavy (non-hydrogen) atoms. The average Bonchev–Trinajstić information content (AvgIpc) is 2.81. The normalized spacial score (nSPS) is 15.5. The molecule has 1 heterocycles. The van der Waals surface area contributed by atoms with Crippen LogP contribution in [0.4, 0.5) is 5.69 Å². The Morgan fingerprint density at radius 2 is 2.29 bits per heavy atom. The molecule has 0 amide bonds. The van der Waals surface area contributed by atoms with Gasteiger partial charge in [0, 0.05) is 17.8 Å². The van der Waals surface area contributed by atoms with E-state index in [1.54, 1.807) is 0 Å². The number of hydrogen-bond acceptors (Lipinski definition) is 4. The first-order chi connectivity index (χ1) is 8.42. The van der Waals surface area contributed by atoms with E-state index in [-0.39, 0.29) is 0 Å². The molecular formula is C13H15N3O. The Morgan fingerprint density at radius 1 is 1.35 bits per heavy atom. The fourth-order valence-electron chi connectivity index (χ4n) is 2.02. The first kappa shape index (κ1) is 10.3. The van der Waals surface area contributed by atoms with E-state index in [4.69, 9.17) is 4.42 Å². The van der Waals surface area contributed by atoms with E-state index in [9.17, 15) is 0 Å². The predicted octanol–water partition coefficient (Wildman–Crippen LogP) is 2.95. The minimum Gasteiger partial charge on any atom is -0.423 e. The molecule has 1 aliphatic rings. The van der Waals surface area contributed by atoms with Gasteiger partial charge < -0.3 is 9.73 Å². The number of aromatic nitrogens is 2. The molecule has 3 rings (SSSR count). The minimum absolute atomic E-state index is 0.567. The van der Waals surface area contributed by atoms with Gasteiger partial charge in [-0.05, 0) is 37.0 Å². The third-order valence-electron chi connectivity index (χ3n) is 3.29. The Bertz CT molecular complexity index is 477. The lowest BCUT2D eigenvalue weighted by atomic mass is 9.85. The van der Waals surface area contributed by atoms with Gasteiger partial charge in [-0.1, -0.05) is 12.5 Å². The van der Waals surface area contributed by atoms with Crippen molar-refractivity contribution >= 4 is 5.69 Å². The van der Waals surface area contributed by atoms with Crippen molar-refractivity contribution in [1.82, 2.24) is 10.2 Å². The number of benzene rings is 1. The summed E-state index contributed by atoms with van der Waals surface area (Å²) in [5.74, 6) is 1.42. The van der Waals surface area contributed by atoms with Crippen molar-refractivity contribution in [2.75, 3.05) is 11.9 Å². The highest BCUT2D eigenvalue weighted by Crippen LogP contribution is 2.27. The molecule has 4 nitrogen and oxygen atoms in total. The highest BCUT2D eigenvalue weighted by molar-refractivity contribution is 5.60. The van der Waals surface area contributed by atoms with Gasteiger partial charge in [0.25, 0.3) is 0 Å². The Labute approximate surface area is 100 Å².